The van der Waals surface area contributed by atoms with Gasteiger partial charge in [-0.2, -0.15) is 0 Å². The average molecular weight is 297 g/mol. The van der Waals surface area contributed by atoms with Crippen LogP contribution < -0.4 is 5.32 Å². The molecule has 0 saturated heterocycles. The maximum atomic E-state index is 5.02. The zero-order valence-electron chi connectivity index (χ0n) is 11.5. The lowest BCUT2D eigenvalue weighted by Crippen LogP contribution is -2.07. The lowest BCUT2D eigenvalue weighted by molar-refractivity contribution is 0.211. The number of nitrogens with one attached hydrogen (secondary N) is 1. The van der Waals surface area contributed by atoms with E-state index in [1.807, 2.05) is 0 Å². The van der Waals surface area contributed by atoms with Gasteiger partial charge in [-0.3, -0.25) is 0 Å². The fourth-order valence-electron chi connectivity index (χ4n) is 1.71. The van der Waals surface area contributed by atoms with Gasteiger partial charge in [0.15, 0.2) is 5.13 Å². The van der Waals surface area contributed by atoms with Gasteiger partial charge in [0, 0.05) is 19.0 Å². The van der Waals surface area contributed by atoms with Gasteiger partial charge in [0.05, 0.1) is 27.9 Å². The summed E-state index contributed by atoms with van der Waals surface area (Å²) in [6, 6.07) is 0. The summed E-state index contributed by atoms with van der Waals surface area (Å²) in [6.07, 6.45) is 1.94. The van der Waals surface area contributed by atoms with Crippen LogP contribution in [0.25, 0.3) is 10.6 Å². The Bertz CT molecular complexity index is 522. The zero-order chi connectivity index (χ0) is 13.7. The van der Waals surface area contributed by atoms with Crippen molar-refractivity contribution in [2.75, 3.05) is 25.6 Å². The van der Waals surface area contributed by atoms with E-state index < -0.39 is 0 Å². The van der Waals surface area contributed by atoms with E-state index in [0.29, 0.717) is 6.61 Å². The van der Waals surface area contributed by atoms with Crippen LogP contribution in [0, 0.1) is 0 Å². The van der Waals surface area contributed by atoms with Crippen LogP contribution in [-0.2, 0) is 17.6 Å². The molecule has 0 aromatic carbocycles. The second-order valence-electron chi connectivity index (χ2n) is 4.05. The van der Waals surface area contributed by atoms with E-state index in [1.54, 1.807) is 29.8 Å². The molecule has 0 atom stereocenters. The van der Waals surface area contributed by atoms with Gasteiger partial charge in [-0.15, -0.1) is 22.7 Å². The van der Waals surface area contributed by atoms with Gasteiger partial charge < -0.3 is 10.1 Å². The van der Waals surface area contributed by atoms with E-state index in [0.717, 1.165) is 35.9 Å². The summed E-state index contributed by atoms with van der Waals surface area (Å²) < 4.78 is 5.02. The van der Waals surface area contributed by atoms with Crippen LogP contribution >= 0.6 is 22.7 Å². The Morgan fingerprint density at radius 2 is 2.11 bits per heavy atom. The van der Waals surface area contributed by atoms with Crippen molar-refractivity contribution in [2.24, 2.45) is 0 Å². The number of nitrogens with zero attached hydrogens (tertiary/aromatic N) is 2. The molecule has 0 spiro atoms. The molecule has 2 aromatic heterocycles. The third kappa shape index (κ3) is 3.52. The molecule has 0 bridgehead atoms. The Morgan fingerprint density at radius 1 is 1.26 bits per heavy atom. The third-order valence-electron chi connectivity index (χ3n) is 2.70. The summed E-state index contributed by atoms with van der Waals surface area (Å²) in [4.78, 5) is 10.5. The Kier molecular flexibility index (Phi) is 5.30. The molecule has 0 aliphatic heterocycles. The van der Waals surface area contributed by atoms with Crippen LogP contribution in [0.1, 0.15) is 24.5 Å². The van der Waals surface area contributed by atoms with E-state index in [1.165, 1.54) is 9.88 Å². The number of methoxy groups -OCH3 is 1. The molecule has 0 saturated carbocycles. The highest BCUT2D eigenvalue weighted by Gasteiger charge is 2.13. The highest BCUT2D eigenvalue weighted by atomic mass is 32.1. The number of aryl methyl sites for hydroxylation is 2. The fourth-order valence-corrected chi connectivity index (χ4v) is 3.57. The van der Waals surface area contributed by atoms with Crippen molar-refractivity contribution >= 4 is 27.8 Å². The van der Waals surface area contributed by atoms with Gasteiger partial charge in [-0.05, 0) is 12.8 Å². The molecule has 0 radical (unpaired) electrons. The first kappa shape index (κ1) is 14.4. The highest BCUT2D eigenvalue weighted by molar-refractivity contribution is 7.16. The van der Waals surface area contributed by atoms with Crippen molar-refractivity contribution in [3.8, 4) is 10.6 Å². The summed E-state index contributed by atoms with van der Waals surface area (Å²) in [6.45, 7) is 5.76. The molecule has 0 aliphatic carbocycles. The third-order valence-corrected chi connectivity index (χ3v) is 4.76. The predicted octanol–water partition coefficient (Wildman–Crippen LogP) is 3.45. The molecule has 0 unspecified atom stereocenters. The van der Waals surface area contributed by atoms with E-state index in [-0.39, 0.29) is 0 Å². The Morgan fingerprint density at radius 3 is 2.79 bits per heavy atom. The minimum atomic E-state index is 0.690. The smallest absolute Gasteiger partial charge is 0.183 e. The minimum absolute atomic E-state index is 0.690. The van der Waals surface area contributed by atoms with Gasteiger partial charge in [0.2, 0.25) is 0 Å². The Balaban J connectivity index is 2.15. The molecular formula is C13H19N3OS2. The summed E-state index contributed by atoms with van der Waals surface area (Å²) in [7, 11) is 1.70. The van der Waals surface area contributed by atoms with Gasteiger partial charge in [-0.25, -0.2) is 9.97 Å². The summed E-state index contributed by atoms with van der Waals surface area (Å²) >= 11 is 3.39. The average Bonchev–Trinajstić information content (AvgIpc) is 3.04. The molecule has 19 heavy (non-hydrogen) atoms. The molecular weight excluding hydrogens is 278 g/mol. The molecule has 104 valence electrons. The van der Waals surface area contributed by atoms with Crippen molar-refractivity contribution in [3.05, 3.63) is 16.1 Å². The van der Waals surface area contributed by atoms with Crippen LogP contribution in [0.15, 0.2) is 5.38 Å². The van der Waals surface area contributed by atoms with Crippen molar-refractivity contribution in [1.29, 1.82) is 0 Å². The number of hydrogen-bond acceptors (Lipinski definition) is 6. The van der Waals surface area contributed by atoms with Crippen LogP contribution in [0.4, 0.5) is 5.13 Å². The first-order valence-electron chi connectivity index (χ1n) is 6.45. The van der Waals surface area contributed by atoms with Gasteiger partial charge in [-0.1, -0.05) is 13.8 Å². The SMILES string of the molecule is CCc1nc(CC)c(-c2csc(NCCOC)n2)s1. The second kappa shape index (κ2) is 6.98. The van der Waals surface area contributed by atoms with Crippen molar-refractivity contribution < 1.29 is 4.74 Å². The van der Waals surface area contributed by atoms with Crippen molar-refractivity contribution in [1.82, 2.24) is 9.97 Å². The molecule has 2 rings (SSSR count). The number of rotatable bonds is 7. The predicted molar refractivity (Wildman–Crippen MR) is 82.3 cm³/mol. The number of aromatic nitrogens is 2. The summed E-state index contributed by atoms with van der Waals surface area (Å²) in [5, 5.41) is 7.49. The van der Waals surface area contributed by atoms with Gasteiger partial charge in [0.1, 0.15) is 0 Å². The number of anilines is 1. The van der Waals surface area contributed by atoms with Gasteiger partial charge in [0.25, 0.3) is 0 Å². The van der Waals surface area contributed by atoms with Gasteiger partial charge >= 0.3 is 0 Å². The minimum Gasteiger partial charge on any atom is -0.383 e. The molecule has 1 N–H and O–H groups in total. The van der Waals surface area contributed by atoms with Crippen LogP contribution in [0.3, 0.4) is 0 Å². The quantitative estimate of drug-likeness (QED) is 0.795. The molecule has 4 nitrogen and oxygen atoms in total. The maximum Gasteiger partial charge on any atom is 0.183 e. The first-order chi connectivity index (χ1) is 9.28. The molecule has 2 heterocycles. The standard InChI is InChI=1S/C13H19N3OS2/c1-4-9-12(19-11(5-2)15-9)10-8-18-13(16-10)14-6-7-17-3/h8H,4-7H2,1-3H3,(H,14,16). The molecule has 0 amide bonds. The normalized spacial score (nSPS) is 10.9. The summed E-state index contributed by atoms with van der Waals surface area (Å²) in [5.41, 5.74) is 2.20. The first-order valence-corrected chi connectivity index (χ1v) is 8.15. The number of ether oxygens (including phenoxy) is 1. The Labute approximate surface area is 121 Å². The second-order valence-corrected chi connectivity index (χ2v) is 5.99. The van der Waals surface area contributed by atoms with E-state index in [4.69, 9.17) is 4.74 Å². The van der Waals surface area contributed by atoms with Crippen molar-refractivity contribution in [3.63, 3.8) is 0 Å². The lowest BCUT2D eigenvalue weighted by atomic mass is 10.2. The van der Waals surface area contributed by atoms with Crippen LogP contribution in [0.5, 0.6) is 0 Å². The maximum absolute atomic E-state index is 5.02. The monoisotopic (exact) mass is 297 g/mol. The van der Waals surface area contributed by atoms with E-state index >= 15 is 0 Å². The fraction of sp³-hybridized carbons (Fsp3) is 0.538. The van der Waals surface area contributed by atoms with Crippen molar-refractivity contribution in [2.45, 2.75) is 26.7 Å². The zero-order valence-corrected chi connectivity index (χ0v) is 13.2. The summed E-state index contributed by atoms with van der Waals surface area (Å²) in [5.74, 6) is 0. The molecule has 2 aromatic rings. The van der Waals surface area contributed by atoms with E-state index in [2.05, 4.69) is 34.5 Å². The van der Waals surface area contributed by atoms with Crippen LogP contribution in [-0.4, -0.2) is 30.2 Å². The molecule has 0 aliphatic rings. The number of thiazole rings is 2. The topological polar surface area (TPSA) is 47.0 Å². The Hall–Kier alpha value is -0.980. The molecule has 6 heteroatoms. The van der Waals surface area contributed by atoms with Crippen LogP contribution in [0.2, 0.25) is 0 Å². The lowest BCUT2D eigenvalue weighted by Gasteiger charge is -2.00. The number of hydrogen-bond donors (Lipinski definition) is 1. The van der Waals surface area contributed by atoms with E-state index in [9.17, 15) is 0 Å². The largest absolute Gasteiger partial charge is 0.383 e. The highest BCUT2D eigenvalue weighted by Crippen LogP contribution is 2.33. The molecule has 0 fully saturated rings.